The van der Waals surface area contributed by atoms with E-state index in [4.69, 9.17) is 9.84 Å². The van der Waals surface area contributed by atoms with Crippen LogP contribution in [0, 0.1) is 0 Å². The topological polar surface area (TPSA) is 71.5 Å². The molecule has 0 spiro atoms. The van der Waals surface area contributed by atoms with E-state index in [2.05, 4.69) is 10.3 Å². The predicted molar refractivity (Wildman–Crippen MR) is 69.0 cm³/mol. The van der Waals surface area contributed by atoms with Crippen LogP contribution in [0.1, 0.15) is 30.3 Å². The maximum absolute atomic E-state index is 12.0. The number of alkyl halides is 2. The van der Waals surface area contributed by atoms with Crippen LogP contribution in [0.15, 0.2) is 18.3 Å². The third-order valence-corrected chi connectivity index (χ3v) is 2.65. The first-order valence-electron chi connectivity index (χ1n) is 6.35. The second kappa shape index (κ2) is 8.42. The highest BCUT2D eigenvalue weighted by Crippen LogP contribution is 2.12. The SMILES string of the molecule is CCC(CCO)NC(=O)c1cc(OCC(F)F)ccn1. The Bertz CT molecular complexity index is 430. The van der Waals surface area contributed by atoms with Crippen molar-refractivity contribution in [1.82, 2.24) is 10.3 Å². The number of aliphatic hydroxyl groups is 1. The van der Waals surface area contributed by atoms with Crippen LogP contribution in [-0.2, 0) is 0 Å². The maximum Gasteiger partial charge on any atom is 0.272 e. The number of aliphatic hydroxyl groups excluding tert-OH is 1. The van der Waals surface area contributed by atoms with E-state index < -0.39 is 18.9 Å². The zero-order chi connectivity index (χ0) is 15.0. The van der Waals surface area contributed by atoms with Crippen LogP contribution >= 0.6 is 0 Å². The average molecular weight is 288 g/mol. The molecule has 2 N–H and O–H groups in total. The molecule has 0 saturated heterocycles. The normalized spacial score (nSPS) is 12.2. The van der Waals surface area contributed by atoms with Crippen molar-refractivity contribution in [2.75, 3.05) is 13.2 Å². The fourth-order valence-electron chi connectivity index (χ4n) is 1.58. The van der Waals surface area contributed by atoms with Crippen LogP contribution in [0.4, 0.5) is 8.78 Å². The Morgan fingerprint density at radius 1 is 1.55 bits per heavy atom. The van der Waals surface area contributed by atoms with E-state index in [1.807, 2.05) is 6.92 Å². The standard InChI is InChI=1S/C13H18F2N2O3/c1-2-9(4-6-18)17-13(19)11-7-10(3-5-16-11)20-8-12(14)15/h3,5,7,9,12,18H,2,4,6,8H2,1H3,(H,17,19). The Kier molecular flexibility index (Phi) is 6.86. The highest BCUT2D eigenvalue weighted by Gasteiger charge is 2.14. The van der Waals surface area contributed by atoms with Crippen LogP contribution in [-0.4, -0.2) is 41.7 Å². The minimum absolute atomic E-state index is 0.0241. The summed E-state index contributed by atoms with van der Waals surface area (Å²) in [7, 11) is 0. The van der Waals surface area contributed by atoms with E-state index >= 15 is 0 Å². The molecule has 0 aliphatic rings. The third kappa shape index (κ3) is 5.48. The minimum atomic E-state index is -2.57. The quantitative estimate of drug-likeness (QED) is 0.762. The molecule has 1 heterocycles. The van der Waals surface area contributed by atoms with Crippen molar-refractivity contribution in [3.63, 3.8) is 0 Å². The van der Waals surface area contributed by atoms with Gasteiger partial charge in [-0.2, -0.15) is 0 Å². The van der Waals surface area contributed by atoms with Crippen LogP contribution in [0.25, 0.3) is 0 Å². The fourth-order valence-corrected chi connectivity index (χ4v) is 1.58. The summed E-state index contributed by atoms with van der Waals surface area (Å²) in [5.74, 6) is -0.256. The Hall–Kier alpha value is -1.76. The first-order chi connectivity index (χ1) is 9.56. The zero-order valence-corrected chi connectivity index (χ0v) is 11.2. The molecule has 0 aliphatic heterocycles. The molecule has 5 nitrogen and oxygen atoms in total. The summed E-state index contributed by atoms with van der Waals surface area (Å²) in [4.78, 5) is 15.8. The van der Waals surface area contributed by atoms with Gasteiger partial charge in [-0.15, -0.1) is 0 Å². The molecule has 1 rings (SSSR count). The van der Waals surface area contributed by atoms with Gasteiger partial charge >= 0.3 is 0 Å². The van der Waals surface area contributed by atoms with Gasteiger partial charge in [0.2, 0.25) is 0 Å². The molecule has 1 unspecified atom stereocenters. The van der Waals surface area contributed by atoms with Crippen molar-refractivity contribution >= 4 is 5.91 Å². The Labute approximate surface area is 116 Å². The van der Waals surface area contributed by atoms with Crippen molar-refractivity contribution in [1.29, 1.82) is 0 Å². The molecule has 112 valence electrons. The molecule has 7 heteroatoms. The van der Waals surface area contributed by atoms with Crippen molar-refractivity contribution in [3.8, 4) is 5.75 Å². The van der Waals surface area contributed by atoms with Gasteiger partial charge in [0.25, 0.3) is 12.3 Å². The lowest BCUT2D eigenvalue weighted by Crippen LogP contribution is -2.35. The van der Waals surface area contributed by atoms with Gasteiger partial charge in [0.1, 0.15) is 18.1 Å². The van der Waals surface area contributed by atoms with Crippen molar-refractivity contribution in [2.45, 2.75) is 32.2 Å². The summed E-state index contributed by atoms with van der Waals surface area (Å²) in [6.07, 6.45) is -0.130. The van der Waals surface area contributed by atoms with Crippen LogP contribution in [0.2, 0.25) is 0 Å². The van der Waals surface area contributed by atoms with Crippen molar-refractivity contribution < 1.29 is 23.4 Å². The lowest BCUT2D eigenvalue weighted by Gasteiger charge is -2.15. The third-order valence-electron chi connectivity index (χ3n) is 2.65. The molecule has 0 bridgehead atoms. The van der Waals surface area contributed by atoms with Gasteiger partial charge in [-0.1, -0.05) is 6.92 Å². The molecule has 0 radical (unpaired) electrons. The molecule has 0 aromatic carbocycles. The first-order valence-corrected chi connectivity index (χ1v) is 6.35. The molecular formula is C13H18F2N2O3. The first kappa shape index (κ1) is 16.3. The monoisotopic (exact) mass is 288 g/mol. The number of amides is 1. The molecule has 0 fully saturated rings. The molecule has 1 aromatic heterocycles. The van der Waals surface area contributed by atoms with E-state index in [9.17, 15) is 13.6 Å². The Morgan fingerprint density at radius 3 is 2.90 bits per heavy atom. The van der Waals surface area contributed by atoms with Crippen LogP contribution in [0.5, 0.6) is 5.75 Å². The zero-order valence-electron chi connectivity index (χ0n) is 11.2. The van der Waals surface area contributed by atoms with E-state index in [-0.39, 0.29) is 24.1 Å². The predicted octanol–water partition coefficient (Wildman–Crippen LogP) is 1.62. The summed E-state index contributed by atoms with van der Waals surface area (Å²) in [6, 6.07) is 2.56. The number of halogens is 2. The number of carbonyl (C=O) groups excluding carboxylic acids is 1. The Morgan fingerprint density at radius 2 is 2.30 bits per heavy atom. The molecule has 1 aromatic rings. The summed E-state index contributed by atoms with van der Waals surface area (Å²) in [5.41, 5.74) is 0.0909. The van der Waals surface area contributed by atoms with E-state index in [0.717, 1.165) is 0 Å². The average Bonchev–Trinajstić information content (AvgIpc) is 2.44. The summed E-state index contributed by atoms with van der Waals surface area (Å²) >= 11 is 0. The smallest absolute Gasteiger partial charge is 0.272 e. The molecule has 1 atom stereocenters. The van der Waals surface area contributed by atoms with Gasteiger partial charge in [-0.3, -0.25) is 9.78 Å². The highest BCUT2D eigenvalue weighted by atomic mass is 19.3. The molecule has 0 aliphatic carbocycles. The number of carbonyl (C=O) groups is 1. The summed E-state index contributed by atoms with van der Waals surface area (Å²) < 4.78 is 28.9. The number of ether oxygens (including phenoxy) is 1. The molecule has 1 amide bonds. The number of rotatable bonds is 8. The molecule has 0 saturated carbocycles. The largest absolute Gasteiger partial charge is 0.488 e. The number of hydrogen-bond acceptors (Lipinski definition) is 4. The van der Waals surface area contributed by atoms with Gasteiger partial charge in [0.15, 0.2) is 0 Å². The number of aromatic nitrogens is 1. The minimum Gasteiger partial charge on any atom is -0.488 e. The van der Waals surface area contributed by atoms with Crippen LogP contribution in [0.3, 0.4) is 0 Å². The van der Waals surface area contributed by atoms with Crippen molar-refractivity contribution in [3.05, 3.63) is 24.0 Å². The van der Waals surface area contributed by atoms with Crippen LogP contribution < -0.4 is 10.1 Å². The van der Waals surface area contributed by atoms with E-state index in [1.54, 1.807) is 0 Å². The number of pyridine rings is 1. The van der Waals surface area contributed by atoms with Gasteiger partial charge < -0.3 is 15.2 Å². The van der Waals surface area contributed by atoms with Gasteiger partial charge in [-0.05, 0) is 18.9 Å². The van der Waals surface area contributed by atoms with E-state index in [0.29, 0.717) is 12.8 Å². The van der Waals surface area contributed by atoms with Crippen molar-refractivity contribution in [2.24, 2.45) is 0 Å². The summed E-state index contributed by atoms with van der Waals surface area (Å²) in [6.45, 7) is 1.13. The highest BCUT2D eigenvalue weighted by molar-refractivity contribution is 5.92. The lowest BCUT2D eigenvalue weighted by atomic mass is 10.1. The summed E-state index contributed by atoms with van der Waals surface area (Å²) in [5, 5.41) is 11.6. The number of nitrogens with zero attached hydrogens (tertiary/aromatic N) is 1. The van der Waals surface area contributed by atoms with Gasteiger partial charge in [-0.25, -0.2) is 8.78 Å². The maximum atomic E-state index is 12.0. The van der Waals surface area contributed by atoms with Gasteiger partial charge in [0.05, 0.1) is 0 Å². The lowest BCUT2D eigenvalue weighted by molar-refractivity contribution is 0.0817. The number of nitrogens with one attached hydrogen (secondary N) is 1. The number of hydrogen-bond donors (Lipinski definition) is 2. The molecular weight excluding hydrogens is 270 g/mol. The second-order valence-corrected chi connectivity index (χ2v) is 4.17. The second-order valence-electron chi connectivity index (χ2n) is 4.17. The van der Waals surface area contributed by atoms with E-state index in [1.165, 1.54) is 18.3 Å². The van der Waals surface area contributed by atoms with Gasteiger partial charge in [0, 0.05) is 24.9 Å². The Balaban J connectivity index is 2.65. The molecule has 20 heavy (non-hydrogen) atoms. The fraction of sp³-hybridized carbons (Fsp3) is 0.538.